The molecule has 0 fully saturated rings. The number of anilines is 1. The van der Waals surface area contributed by atoms with Crippen LogP contribution in [0.1, 0.15) is 70.7 Å². The zero-order chi connectivity index (χ0) is 27.2. The van der Waals surface area contributed by atoms with Crippen molar-refractivity contribution in [1.29, 1.82) is 0 Å². The first kappa shape index (κ1) is 29.4. The molecule has 200 valence electrons. The van der Waals surface area contributed by atoms with Crippen LogP contribution in [0.15, 0.2) is 60.4 Å². The van der Waals surface area contributed by atoms with Crippen molar-refractivity contribution in [2.45, 2.75) is 72.5 Å². The minimum atomic E-state index is -0.831. The average molecular weight is 512 g/mol. The molecule has 1 N–H and O–H groups in total. The van der Waals surface area contributed by atoms with E-state index in [0.717, 1.165) is 18.9 Å². The van der Waals surface area contributed by atoms with Gasteiger partial charge in [-0.15, -0.1) is 0 Å². The van der Waals surface area contributed by atoms with Crippen molar-refractivity contribution in [3.8, 4) is 11.5 Å². The lowest BCUT2D eigenvalue weighted by atomic mass is 10.2. The summed E-state index contributed by atoms with van der Waals surface area (Å²) < 4.78 is 21.8. The first-order valence-corrected chi connectivity index (χ1v) is 12.6. The maximum absolute atomic E-state index is 12.9. The highest BCUT2D eigenvalue weighted by Gasteiger charge is 2.20. The summed E-state index contributed by atoms with van der Waals surface area (Å²) in [5.74, 6) is -1.46. The third-order valence-corrected chi connectivity index (χ3v) is 4.88. The van der Waals surface area contributed by atoms with Crippen molar-refractivity contribution in [3.05, 3.63) is 65.9 Å². The Morgan fingerprint density at radius 2 is 1.54 bits per heavy atom. The number of hydrogen-bond acceptors (Lipinski definition) is 7. The van der Waals surface area contributed by atoms with Gasteiger partial charge >= 0.3 is 11.9 Å². The van der Waals surface area contributed by atoms with Crippen molar-refractivity contribution in [1.82, 2.24) is 0 Å². The van der Waals surface area contributed by atoms with Gasteiger partial charge in [0, 0.05) is 5.56 Å². The number of carbonyl (C=O) groups is 3. The summed E-state index contributed by atoms with van der Waals surface area (Å²) in [7, 11) is 0. The summed E-state index contributed by atoms with van der Waals surface area (Å²) in [6, 6.07) is 13.4. The van der Waals surface area contributed by atoms with E-state index < -0.39 is 18.0 Å². The molecule has 0 aliphatic rings. The van der Waals surface area contributed by atoms with Gasteiger partial charge in [0.2, 0.25) is 5.76 Å². The zero-order valence-corrected chi connectivity index (χ0v) is 22.2. The van der Waals surface area contributed by atoms with E-state index in [0.29, 0.717) is 23.6 Å². The van der Waals surface area contributed by atoms with Crippen LogP contribution in [0.4, 0.5) is 5.69 Å². The molecule has 0 radical (unpaired) electrons. The Balaban J connectivity index is 2.13. The average Bonchev–Trinajstić information content (AvgIpc) is 2.84. The Labute approximate surface area is 218 Å². The van der Waals surface area contributed by atoms with E-state index in [2.05, 4.69) is 12.2 Å². The minimum Gasteiger partial charge on any atom is -0.494 e. The van der Waals surface area contributed by atoms with Gasteiger partial charge in [-0.2, -0.15) is 0 Å². The minimum absolute atomic E-state index is 0.159. The molecule has 8 heteroatoms. The molecule has 0 spiro atoms. The van der Waals surface area contributed by atoms with Crippen molar-refractivity contribution >= 4 is 23.5 Å². The Hall–Kier alpha value is -3.81. The number of esters is 2. The molecule has 0 aromatic heterocycles. The lowest BCUT2D eigenvalue weighted by molar-refractivity contribution is -0.147. The Bertz CT molecular complexity index is 1060. The monoisotopic (exact) mass is 511 g/mol. The fraction of sp³-hybridized carbons (Fsp3) is 0.414. The number of para-hydroxylation sites is 2. The molecule has 0 saturated heterocycles. The second-order valence-electron chi connectivity index (χ2n) is 8.93. The summed E-state index contributed by atoms with van der Waals surface area (Å²) >= 11 is 0. The van der Waals surface area contributed by atoms with Crippen LogP contribution < -0.4 is 14.8 Å². The van der Waals surface area contributed by atoms with Gasteiger partial charge in [0.05, 0.1) is 30.6 Å². The number of benzene rings is 2. The largest absolute Gasteiger partial charge is 0.494 e. The maximum atomic E-state index is 12.9. The highest BCUT2D eigenvalue weighted by Crippen LogP contribution is 2.27. The molecule has 0 unspecified atom stereocenters. The van der Waals surface area contributed by atoms with Gasteiger partial charge in [0.15, 0.2) is 5.75 Å². The van der Waals surface area contributed by atoms with E-state index in [-0.39, 0.29) is 23.5 Å². The Morgan fingerprint density at radius 1 is 0.865 bits per heavy atom. The Kier molecular flexibility index (Phi) is 12.2. The number of rotatable bonds is 14. The molecule has 0 aliphatic heterocycles. The van der Waals surface area contributed by atoms with E-state index in [1.54, 1.807) is 76.2 Å². The standard InChI is InChI=1S/C29H37NO7/c1-6-7-8-11-18-34-23-16-14-22(15-17-23)28(32)30-24-12-9-10-13-25(24)37-26(29(33)36-21(4)5)19-27(31)35-20(2)3/h9-10,12-17,19-21H,6-8,11,18H2,1-5H3,(H,30,32)/b26-19+. The number of nitrogens with one attached hydrogen (secondary N) is 1. The normalized spacial score (nSPS) is 11.3. The molecule has 8 nitrogen and oxygen atoms in total. The van der Waals surface area contributed by atoms with E-state index in [1.165, 1.54) is 12.8 Å². The Morgan fingerprint density at radius 3 is 2.19 bits per heavy atom. The van der Waals surface area contributed by atoms with Crippen LogP contribution >= 0.6 is 0 Å². The first-order valence-electron chi connectivity index (χ1n) is 12.6. The van der Waals surface area contributed by atoms with Crippen LogP contribution in [0.25, 0.3) is 0 Å². The highest BCUT2D eigenvalue weighted by atomic mass is 16.6. The van der Waals surface area contributed by atoms with Gasteiger partial charge in [-0.3, -0.25) is 4.79 Å². The molecule has 2 aromatic carbocycles. The lowest BCUT2D eigenvalue weighted by Crippen LogP contribution is -2.20. The highest BCUT2D eigenvalue weighted by molar-refractivity contribution is 6.05. The van der Waals surface area contributed by atoms with Crippen molar-refractivity contribution in [2.24, 2.45) is 0 Å². The van der Waals surface area contributed by atoms with Crippen LogP contribution in [-0.4, -0.2) is 36.7 Å². The number of carbonyl (C=O) groups excluding carboxylic acids is 3. The van der Waals surface area contributed by atoms with Gasteiger partial charge in [0.1, 0.15) is 5.75 Å². The molecular weight excluding hydrogens is 474 g/mol. The fourth-order valence-electron chi connectivity index (χ4n) is 3.17. The molecule has 0 bridgehead atoms. The van der Waals surface area contributed by atoms with Gasteiger partial charge < -0.3 is 24.3 Å². The van der Waals surface area contributed by atoms with E-state index in [4.69, 9.17) is 18.9 Å². The lowest BCUT2D eigenvalue weighted by Gasteiger charge is -2.15. The predicted octanol–water partition coefficient (Wildman–Crippen LogP) is 6.06. The number of ether oxygens (including phenoxy) is 4. The molecule has 2 rings (SSSR count). The van der Waals surface area contributed by atoms with Crippen molar-refractivity contribution in [2.75, 3.05) is 11.9 Å². The summed E-state index contributed by atoms with van der Waals surface area (Å²) in [6.45, 7) is 9.54. The topological polar surface area (TPSA) is 100 Å². The first-order chi connectivity index (χ1) is 17.7. The molecule has 2 aromatic rings. The second kappa shape index (κ2) is 15.3. The summed E-state index contributed by atoms with van der Waals surface area (Å²) in [5, 5.41) is 2.78. The second-order valence-corrected chi connectivity index (χ2v) is 8.93. The molecule has 0 saturated carbocycles. The molecule has 0 heterocycles. The van der Waals surface area contributed by atoms with Crippen LogP contribution in [0.5, 0.6) is 11.5 Å². The van der Waals surface area contributed by atoms with E-state index >= 15 is 0 Å². The zero-order valence-electron chi connectivity index (χ0n) is 22.2. The molecular formula is C29H37NO7. The van der Waals surface area contributed by atoms with Gasteiger partial charge in [-0.25, -0.2) is 9.59 Å². The van der Waals surface area contributed by atoms with Crippen LogP contribution in [-0.2, 0) is 19.1 Å². The fourth-order valence-corrected chi connectivity index (χ4v) is 3.17. The van der Waals surface area contributed by atoms with Crippen molar-refractivity contribution in [3.63, 3.8) is 0 Å². The van der Waals surface area contributed by atoms with Gasteiger partial charge in [-0.05, 0) is 70.5 Å². The third-order valence-electron chi connectivity index (χ3n) is 4.88. The SMILES string of the molecule is CCCCCCOc1ccc(C(=O)Nc2ccccc2O/C(=C/C(=O)OC(C)C)C(=O)OC(C)C)cc1. The number of hydrogen-bond donors (Lipinski definition) is 1. The summed E-state index contributed by atoms with van der Waals surface area (Å²) in [5.41, 5.74) is 0.729. The van der Waals surface area contributed by atoms with Crippen molar-refractivity contribution < 1.29 is 33.3 Å². The number of amides is 1. The van der Waals surface area contributed by atoms with Gasteiger partial charge in [0.25, 0.3) is 5.91 Å². The molecule has 0 aliphatic carbocycles. The number of unbranched alkanes of at least 4 members (excludes halogenated alkanes) is 3. The van der Waals surface area contributed by atoms with E-state index in [9.17, 15) is 14.4 Å². The van der Waals surface area contributed by atoms with Crippen LogP contribution in [0.2, 0.25) is 0 Å². The predicted molar refractivity (Wildman–Crippen MR) is 142 cm³/mol. The van der Waals surface area contributed by atoms with E-state index in [1.807, 2.05) is 0 Å². The summed E-state index contributed by atoms with van der Waals surface area (Å²) in [4.78, 5) is 37.6. The van der Waals surface area contributed by atoms with Crippen LogP contribution in [0, 0.1) is 0 Å². The quantitative estimate of drug-likeness (QED) is 0.142. The van der Waals surface area contributed by atoms with Gasteiger partial charge in [-0.1, -0.05) is 38.3 Å². The molecule has 37 heavy (non-hydrogen) atoms. The maximum Gasteiger partial charge on any atom is 0.374 e. The third kappa shape index (κ3) is 10.8. The smallest absolute Gasteiger partial charge is 0.374 e. The van der Waals surface area contributed by atoms with Crippen LogP contribution in [0.3, 0.4) is 0 Å². The molecule has 0 atom stereocenters. The summed E-state index contributed by atoms with van der Waals surface area (Å²) in [6.07, 6.45) is 4.60. The molecule has 1 amide bonds.